The van der Waals surface area contributed by atoms with Gasteiger partial charge in [0, 0.05) is 11.8 Å². The molecule has 5 nitrogen and oxygen atoms in total. The van der Waals surface area contributed by atoms with E-state index in [0.29, 0.717) is 19.6 Å². The third-order valence-corrected chi connectivity index (χ3v) is 5.36. The van der Waals surface area contributed by atoms with Crippen LogP contribution in [-0.2, 0) is 16.0 Å². The molecule has 2 N–H and O–H groups in total. The summed E-state index contributed by atoms with van der Waals surface area (Å²) in [6.45, 7) is 7.47. The first-order valence-electron chi connectivity index (χ1n) is 10.3. The van der Waals surface area contributed by atoms with Crippen molar-refractivity contribution in [2.24, 2.45) is 0 Å². The molecule has 1 saturated heterocycles. The van der Waals surface area contributed by atoms with Crippen LogP contribution in [0.1, 0.15) is 23.6 Å². The van der Waals surface area contributed by atoms with Crippen LogP contribution >= 0.6 is 0 Å². The Morgan fingerprint density at radius 2 is 1.76 bits per heavy atom. The minimum atomic E-state index is 0.0277. The van der Waals surface area contributed by atoms with Crippen LogP contribution in [0.15, 0.2) is 54.6 Å². The first kappa shape index (κ1) is 20.8. The summed E-state index contributed by atoms with van der Waals surface area (Å²) in [6.07, 6.45) is 4.39. The molecule has 0 atom stereocenters. The summed E-state index contributed by atoms with van der Waals surface area (Å²) in [6, 6.07) is 16.0. The van der Waals surface area contributed by atoms with E-state index < -0.39 is 0 Å². The van der Waals surface area contributed by atoms with Crippen molar-refractivity contribution in [1.29, 1.82) is 0 Å². The van der Waals surface area contributed by atoms with Gasteiger partial charge in [-0.05, 0) is 36.6 Å². The van der Waals surface area contributed by atoms with Crippen LogP contribution < -0.4 is 10.2 Å². The highest BCUT2D eigenvalue weighted by Gasteiger charge is 2.24. The zero-order valence-corrected chi connectivity index (χ0v) is 17.3. The van der Waals surface area contributed by atoms with Gasteiger partial charge in [0.15, 0.2) is 6.54 Å². The van der Waals surface area contributed by atoms with Gasteiger partial charge in [0.05, 0.1) is 26.2 Å². The van der Waals surface area contributed by atoms with Crippen LogP contribution in [-0.4, -0.2) is 49.4 Å². The number of hydrogen-bond acceptors (Lipinski definition) is 2. The van der Waals surface area contributed by atoms with Crippen LogP contribution in [0.2, 0.25) is 0 Å². The fraction of sp³-hybridized carbons (Fsp3) is 0.333. The summed E-state index contributed by atoms with van der Waals surface area (Å²) in [5.74, 6) is 0.0610. The van der Waals surface area contributed by atoms with Crippen LogP contribution in [0.25, 0.3) is 6.08 Å². The summed E-state index contributed by atoms with van der Waals surface area (Å²) in [5.41, 5.74) is 4.27. The Morgan fingerprint density at radius 3 is 2.45 bits per heavy atom. The third-order valence-electron chi connectivity index (χ3n) is 5.36. The van der Waals surface area contributed by atoms with Gasteiger partial charge in [0.1, 0.15) is 0 Å². The maximum absolute atomic E-state index is 12.4. The topological polar surface area (TPSA) is 53.9 Å². The second-order valence-electron chi connectivity index (χ2n) is 7.55. The SMILES string of the molecule is CCc1ccccc1NC(=O)C[NH+]1CCN(C(=O)/C=C/c2ccc(C)cc2)CC1. The van der Waals surface area contributed by atoms with Crippen molar-refractivity contribution < 1.29 is 14.5 Å². The lowest BCUT2D eigenvalue weighted by molar-refractivity contribution is -0.895. The van der Waals surface area contributed by atoms with Gasteiger partial charge in [0.25, 0.3) is 5.91 Å². The first-order valence-corrected chi connectivity index (χ1v) is 10.3. The monoisotopic (exact) mass is 392 g/mol. The lowest BCUT2D eigenvalue weighted by Gasteiger charge is -2.31. The number of amides is 2. The summed E-state index contributed by atoms with van der Waals surface area (Å²) < 4.78 is 0. The third kappa shape index (κ3) is 6.03. The minimum Gasteiger partial charge on any atom is -0.328 e. The van der Waals surface area contributed by atoms with Crippen LogP contribution in [0.3, 0.4) is 0 Å². The Labute approximate surface area is 173 Å². The Kier molecular flexibility index (Phi) is 7.19. The van der Waals surface area contributed by atoms with Crippen molar-refractivity contribution in [2.45, 2.75) is 20.3 Å². The Morgan fingerprint density at radius 1 is 1.07 bits per heavy atom. The number of quaternary nitrogens is 1. The number of benzene rings is 2. The average Bonchev–Trinajstić information content (AvgIpc) is 2.74. The van der Waals surface area contributed by atoms with E-state index in [-0.39, 0.29) is 11.8 Å². The van der Waals surface area contributed by atoms with Gasteiger partial charge in [-0.2, -0.15) is 0 Å². The van der Waals surface area contributed by atoms with Gasteiger partial charge in [-0.1, -0.05) is 55.0 Å². The number of carbonyl (C=O) groups excluding carboxylic acids is 2. The molecular formula is C24H30N3O2+. The molecule has 0 saturated carbocycles. The zero-order chi connectivity index (χ0) is 20.6. The predicted octanol–water partition coefficient (Wildman–Crippen LogP) is 1.94. The van der Waals surface area contributed by atoms with Gasteiger partial charge in [0.2, 0.25) is 5.91 Å². The Balaban J connectivity index is 1.45. The maximum Gasteiger partial charge on any atom is 0.279 e. The molecule has 2 aromatic rings. The molecule has 0 unspecified atom stereocenters. The van der Waals surface area contributed by atoms with Gasteiger partial charge in [-0.15, -0.1) is 0 Å². The van der Waals surface area contributed by atoms with E-state index in [1.807, 2.05) is 66.4 Å². The van der Waals surface area contributed by atoms with Crippen LogP contribution in [0.4, 0.5) is 5.69 Å². The van der Waals surface area contributed by atoms with Crippen molar-refractivity contribution in [3.8, 4) is 0 Å². The largest absolute Gasteiger partial charge is 0.328 e. The molecule has 3 rings (SSSR count). The van der Waals surface area contributed by atoms with E-state index in [0.717, 1.165) is 36.3 Å². The molecule has 2 aromatic carbocycles. The van der Waals surface area contributed by atoms with E-state index in [1.165, 1.54) is 10.5 Å². The van der Waals surface area contributed by atoms with Crippen LogP contribution in [0, 0.1) is 6.92 Å². The number of para-hydroxylation sites is 1. The number of aryl methyl sites for hydroxylation is 2. The molecule has 5 heteroatoms. The number of piperazine rings is 1. The lowest BCUT2D eigenvalue weighted by atomic mass is 10.1. The average molecular weight is 393 g/mol. The standard InChI is InChI=1S/C24H29N3O2/c1-3-21-6-4-5-7-22(21)25-23(28)18-26-14-16-27(17-15-26)24(29)13-12-20-10-8-19(2)9-11-20/h4-13H,3,14-18H2,1-2H3,(H,25,28)/p+1/b13-12+. The summed E-state index contributed by atoms with van der Waals surface area (Å²) >= 11 is 0. The predicted molar refractivity (Wildman–Crippen MR) is 117 cm³/mol. The van der Waals surface area contributed by atoms with E-state index in [4.69, 9.17) is 0 Å². The van der Waals surface area contributed by atoms with Gasteiger partial charge in [-0.25, -0.2) is 0 Å². The number of hydrogen-bond donors (Lipinski definition) is 2. The zero-order valence-electron chi connectivity index (χ0n) is 17.3. The maximum atomic E-state index is 12.4. The van der Waals surface area contributed by atoms with E-state index >= 15 is 0 Å². The normalized spacial score (nSPS) is 14.9. The fourth-order valence-electron chi connectivity index (χ4n) is 3.54. The Bertz CT molecular complexity index is 866. The molecule has 152 valence electrons. The fourth-order valence-corrected chi connectivity index (χ4v) is 3.54. The molecule has 0 spiro atoms. The van der Waals surface area contributed by atoms with Crippen molar-refractivity contribution in [1.82, 2.24) is 4.90 Å². The van der Waals surface area contributed by atoms with Crippen molar-refractivity contribution in [3.05, 3.63) is 71.3 Å². The highest BCUT2D eigenvalue weighted by atomic mass is 16.2. The molecular weight excluding hydrogens is 362 g/mol. The first-order chi connectivity index (χ1) is 14.0. The minimum absolute atomic E-state index is 0.0277. The number of rotatable bonds is 6. The molecule has 0 bridgehead atoms. The van der Waals surface area contributed by atoms with Gasteiger partial charge >= 0.3 is 0 Å². The highest BCUT2D eigenvalue weighted by molar-refractivity contribution is 5.92. The molecule has 0 radical (unpaired) electrons. The van der Waals surface area contributed by atoms with Gasteiger partial charge in [-0.3, -0.25) is 9.59 Å². The van der Waals surface area contributed by atoms with Crippen molar-refractivity contribution in [2.75, 3.05) is 38.0 Å². The molecule has 0 aromatic heterocycles. The van der Waals surface area contributed by atoms with E-state index in [9.17, 15) is 9.59 Å². The smallest absolute Gasteiger partial charge is 0.279 e. The Hall–Kier alpha value is -2.92. The summed E-state index contributed by atoms with van der Waals surface area (Å²) in [4.78, 5) is 27.9. The molecule has 1 heterocycles. The highest BCUT2D eigenvalue weighted by Crippen LogP contribution is 2.14. The van der Waals surface area contributed by atoms with E-state index in [1.54, 1.807) is 6.08 Å². The van der Waals surface area contributed by atoms with Crippen molar-refractivity contribution >= 4 is 23.6 Å². The number of nitrogens with one attached hydrogen (secondary N) is 2. The molecule has 2 amide bonds. The molecule has 1 aliphatic rings. The van der Waals surface area contributed by atoms with Crippen molar-refractivity contribution in [3.63, 3.8) is 0 Å². The summed E-state index contributed by atoms with van der Waals surface area (Å²) in [7, 11) is 0. The molecule has 0 aliphatic carbocycles. The lowest BCUT2D eigenvalue weighted by Crippen LogP contribution is -3.15. The quantitative estimate of drug-likeness (QED) is 0.739. The number of nitrogens with zero attached hydrogens (tertiary/aromatic N) is 1. The second-order valence-corrected chi connectivity index (χ2v) is 7.55. The second kappa shape index (κ2) is 10.0. The van der Waals surface area contributed by atoms with E-state index in [2.05, 4.69) is 12.2 Å². The van der Waals surface area contributed by atoms with Crippen LogP contribution in [0.5, 0.6) is 0 Å². The number of anilines is 1. The number of carbonyl (C=O) groups is 2. The van der Waals surface area contributed by atoms with Gasteiger partial charge < -0.3 is 15.1 Å². The molecule has 1 aliphatic heterocycles. The molecule has 1 fully saturated rings. The summed E-state index contributed by atoms with van der Waals surface area (Å²) in [5, 5.41) is 3.03. The molecule has 29 heavy (non-hydrogen) atoms.